The van der Waals surface area contributed by atoms with Gasteiger partial charge in [-0.1, -0.05) is 128 Å². The summed E-state index contributed by atoms with van der Waals surface area (Å²) in [6, 6.07) is 16.1. The van der Waals surface area contributed by atoms with Crippen LogP contribution in [0.3, 0.4) is 0 Å². The van der Waals surface area contributed by atoms with E-state index in [9.17, 15) is 5.48 Å². The van der Waals surface area contributed by atoms with Crippen LogP contribution in [0.1, 0.15) is 91.9 Å². The number of nitrogens with zero attached hydrogens (tertiary/aromatic N) is 2. The van der Waals surface area contributed by atoms with E-state index in [4.69, 9.17) is 21.8 Å². The Labute approximate surface area is 381 Å². The van der Waals surface area contributed by atoms with Crippen LogP contribution in [0.2, 0.25) is 19.6 Å². The molecule has 3 aliphatic rings. The Morgan fingerprint density at radius 2 is 1.35 bits per heavy atom. The minimum atomic E-state index is -1.87. The Morgan fingerprint density at radius 3 is 2.00 bits per heavy atom. The van der Waals surface area contributed by atoms with Crippen molar-refractivity contribution in [2.24, 2.45) is 0 Å². The molecule has 0 saturated heterocycles. The van der Waals surface area contributed by atoms with Crippen molar-refractivity contribution in [3.63, 3.8) is 0 Å². The van der Waals surface area contributed by atoms with Crippen LogP contribution in [0.15, 0.2) is 136 Å². The van der Waals surface area contributed by atoms with Gasteiger partial charge in [0.15, 0.2) is 5.75 Å². The molecule has 0 unspecified atom stereocenters. The fourth-order valence-electron chi connectivity index (χ4n) is 9.86. The maximum atomic E-state index is 9.33. The molecule has 11 rings (SSSR count). The summed E-state index contributed by atoms with van der Waals surface area (Å²) in [4.78, 5) is 3.35. The third kappa shape index (κ3) is 5.95. The van der Waals surface area contributed by atoms with Crippen molar-refractivity contribution in [3.05, 3.63) is 144 Å². The van der Waals surface area contributed by atoms with Crippen LogP contribution in [-0.2, 0) is 16.2 Å². The minimum Gasteiger partial charge on any atom is -0.466 e. The van der Waals surface area contributed by atoms with Crippen LogP contribution >= 0.6 is 0 Å². The van der Waals surface area contributed by atoms with Gasteiger partial charge in [-0.05, 0) is 101 Å². The molecule has 62 heavy (non-hydrogen) atoms. The van der Waals surface area contributed by atoms with Gasteiger partial charge in [-0.3, -0.25) is 0 Å². The van der Waals surface area contributed by atoms with E-state index in [1.54, 1.807) is 12.1 Å². The molecule has 310 valence electrons. The van der Waals surface area contributed by atoms with Crippen molar-refractivity contribution in [3.8, 4) is 11.5 Å². The number of ether oxygens (including phenoxy) is 1. The number of hydrogen-bond acceptors (Lipinski definition) is 5. The predicted octanol–water partition coefficient (Wildman–Crippen LogP) is 13.2. The fourth-order valence-corrected chi connectivity index (χ4v) is 11.0. The normalized spacial score (nSPS) is 18.4. The van der Waals surface area contributed by atoms with Crippen molar-refractivity contribution in [1.82, 2.24) is 0 Å². The van der Waals surface area contributed by atoms with E-state index in [1.165, 1.54) is 10.1 Å². The molecule has 5 nitrogen and oxygen atoms in total. The Morgan fingerprint density at radius 1 is 0.694 bits per heavy atom. The van der Waals surface area contributed by atoms with Gasteiger partial charge in [0.25, 0.3) is 0 Å². The first-order chi connectivity index (χ1) is 33.6. The zero-order valence-electron chi connectivity index (χ0n) is 47.0. The molecular weight excluding hydrogens is 776 g/mol. The maximum Gasteiger partial charge on any atom is 0.301 e. The molecular formula is C55H55BN2O3Si. The van der Waals surface area contributed by atoms with Crippen molar-refractivity contribution < 1.29 is 27.3 Å². The highest BCUT2D eigenvalue weighted by atomic mass is 28.3. The first-order valence-electron chi connectivity index (χ1n) is 26.5. The van der Waals surface area contributed by atoms with Crippen LogP contribution in [-0.4, -0.2) is 14.8 Å². The average Bonchev–Trinajstić information content (AvgIpc) is 3.90. The Balaban J connectivity index is 1.31. The summed E-state index contributed by atoms with van der Waals surface area (Å²) in [5, 5.41) is 2.95. The lowest BCUT2D eigenvalue weighted by Gasteiger charge is -2.40. The Kier molecular flexibility index (Phi) is 6.30. The van der Waals surface area contributed by atoms with Crippen LogP contribution in [0, 0.1) is 0 Å². The highest BCUT2D eigenvalue weighted by molar-refractivity contribution is 6.99. The van der Waals surface area contributed by atoms with Gasteiger partial charge < -0.3 is 23.4 Å². The number of anilines is 6. The number of benzene rings is 6. The molecule has 1 aliphatic carbocycles. The summed E-state index contributed by atoms with van der Waals surface area (Å²) in [6.07, 6.45) is 1.91. The molecule has 0 N–H and O–H groups in total. The zero-order valence-corrected chi connectivity index (χ0v) is 38.0. The first kappa shape index (κ1) is 29.4. The summed E-state index contributed by atoms with van der Waals surface area (Å²) < 4.78 is 111. The standard InChI is InChI=1S/C55H55BN2O3Si/c1-53(2,3)34-21-23-37(24-22-34)58-43-32-40-46(60-51-48(40)54(4,5)27-28-55(51,6)7)33-42(43)56-49-44(58)29-38(57(35-17-13-11-14-18-35)36-19-15-12-16-20-36)30-47(49)59-50-41-31-39(62(8,9)10)25-26-45(41)61-52(50)56/h11-26,29-33H,27-28H2,1-10H3/i11D,12D,13D,14D,15D,16D,17D,18D,19D,20D. The third-order valence-corrected chi connectivity index (χ3v) is 15.4. The molecule has 0 fully saturated rings. The fraction of sp³-hybridized carbons (Fsp3) is 0.273. The second-order valence-corrected chi connectivity index (χ2v) is 25.6. The van der Waals surface area contributed by atoms with Crippen LogP contribution in [0.25, 0.3) is 21.9 Å². The van der Waals surface area contributed by atoms with Gasteiger partial charge in [-0.15, -0.1) is 0 Å². The largest absolute Gasteiger partial charge is 0.466 e. The smallest absolute Gasteiger partial charge is 0.301 e. The molecule has 0 bridgehead atoms. The Bertz CT molecular complexity index is 3560. The topological polar surface area (TPSA) is 42.0 Å². The number of furan rings is 2. The third-order valence-electron chi connectivity index (χ3n) is 13.4. The lowest BCUT2D eigenvalue weighted by molar-refractivity contribution is 0.284. The van der Waals surface area contributed by atoms with Crippen molar-refractivity contribution in [1.29, 1.82) is 0 Å². The highest BCUT2D eigenvalue weighted by Gasteiger charge is 2.48. The quantitative estimate of drug-likeness (QED) is 0.162. The Hall–Kier alpha value is -5.92. The van der Waals surface area contributed by atoms with Gasteiger partial charge in [-0.2, -0.15) is 0 Å². The second kappa shape index (κ2) is 13.3. The molecule has 2 aliphatic heterocycles. The predicted molar refractivity (Wildman–Crippen MR) is 263 cm³/mol. The molecule has 8 aromatic rings. The molecule has 4 heterocycles. The molecule has 0 atom stereocenters. The molecule has 0 saturated carbocycles. The highest BCUT2D eigenvalue weighted by Crippen LogP contribution is 2.53. The van der Waals surface area contributed by atoms with Gasteiger partial charge in [0.1, 0.15) is 28.3 Å². The number of hydrogen-bond donors (Lipinski definition) is 0. The first-order valence-corrected chi connectivity index (χ1v) is 25.0. The summed E-state index contributed by atoms with van der Waals surface area (Å²) in [6.45, 7) is 21.7. The van der Waals surface area contributed by atoms with E-state index in [1.807, 2.05) is 6.07 Å². The molecule has 0 amide bonds. The van der Waals surface area contributed by atoms with E-state index in [2.05, 4.69) is 122 Å². The number of rotatable bonds is 5. The molecule has 2 aromatic heterocycles. The molecule has 7 heteroatoms. The summed E-state index contributed by atoms with van der Waals surface area (Å²) >= 11 is 0. The number of fused-ring (bicyclic) bond motifs is 9. The average molecular weight is 841 g/mol. The molecule has 0 radical (unpaired) electrons. The summed E-state index contributed by atoms with van der Waals surface area (Å²) in [5.74, 6) is 1.80. The van der Waals surface area contributed by atoms with Gasteiger partial charge >= 0.3 is 6.71 Å². The monoisotopic (exact) mass is 840 g/mol. The lowest BCUT2D eigenvalue weighted by Crippen LogP contribution is -2.59. The van der Waals surface area contributed by atoms with Crippen molar-refractivity contribution in [2.75, 3.05) is 9.80 Å². The summed E-state index contributed by atoms with van der Waals surface area (Å²) in [5.41, 5.74) is 6.75. The van der Waals surface area contributed by atoms with Crippen LogP contribution in [0.5, 0.6) is 11.5 Å². The summed E-state index contributed by atoms with van der Waals surface area (Å²) in [7, 11) is -1.87. The second-order valence-electron chi connectivity index (χ2n) is 20.6. The van der Waals surface area contributed by atoms with E-state index >= 15 is 0 Å². The molecule has 6 aromatic carbocycles. The lowest BCUT2D eigenvalue weighted by atomic mass is 9.36. The van der Waals surface area contributed by atoms with E-state index in [0.29, 0.717) is 33.9 Å². The van der Waals surface area contributed by atoms with Crippen molar-refractivity contribution in [2.45, 2.75) is 97.2 Å². The molecule has 0 spiro atoms. The van der Waals surface area contributed by atoms with Gasteiger partial charge in [0.05, 0.1) is 32.9 Å². The maximum absolute atomic E-state index is 9.33. The van der Waals surface area contributed by atoms with Gasteiger partial charge in [-0.25, -0.2) is 0 Å². The van der Waals surface area contributed by atoms with E-state index < -0.39 is 86.6 Å². The zero-order chi connectivity index (χ0) is 51.8. The number of para-hydroxylation sites is 2. The van der Waals surface area contributed by atoms with E-state index in [-0.39, 0.29) is 21.9 Å². The SMILES string of the molecule is [2H]c1c([2H])c([2H])c(N(c2cc3c4c(c2)N(c2ccc(C(C)(C)C)cc2)c2cc5c6c(oc5cc2B4c2oc4ccc([Si](C)(C)C)cc4c2O3)C(C)(C)CCC6(C)C)c2c([2H])c([2H])c([2H])c([2H])c2[2H])c([2H])c1[2H]. The van der Waals surface area contributed by atoms with E-state index in [0.717, 1.165) is 62.9 Å². The van der Waals surface area contributed by atoms with Crippen LogP contribution in [0.4, 0.5) is 34.1 Å². The van der Waals surface area contributed by atoms with Crippen molar-refractivity contribution >= 4 is 92.6 Å². The van der Waals surface area contributed by atoms with Gasteiger partial charge in [0.2, 0.25) is 0 Å². The van der Waals surface area contributed by atoms with Gasteiger partial charge in [0, 0.05) is 56.3 Å². The van der Waals surface area contributed by atoms with Crippen LogP contribution < -0.4 is 36.3 Å². The minimum absolute atomic E-state index is 0.128.